The fraction of sp³-hybridized carbons (Fsp3) is 0.286. The van der Waals surface area contributed by atoms with Crippen LogP contribution in [0.2, 0.25) is 0 Å². The first-order chi connectivity index (χ1) is 14.6. The SMILES string of the molecule is CC1CCc2c(sc3ncnc(Sc4nnc5n(C)c(=O)c6ccccc6n45)c23)C1. The standard InChI is InChI=1S/C21H18N6OS2/c1-11-7-8-13-15(9-11)29-17-16(13)18(23-10-22-17)30-21-25-24-20-26(2)19(28)12-5-3-4-6-14(12)27(20)21/h3-6,10-11H,7-9H2,1-2H3. The quantitative estimate of drug-likeness (QED) is 0.393. The molecule has 6 rings (SSSR count). The first kappa shape index (κ1) is 18.0. The normalized spacial score (nSPS) is 16.5. The van der Waals surface area contributed by atoms with Gasteiger partial charge in [-0.05, 0) is 54.6 Å². The first-order valence-electron chi connectivity index (χ1n) is 9.87. The molecule has 0 radical (unpaired) electrons. The van der Waals surface area contributed by atoms with Gasteiger partial charge in [0, 0.05) is 17.3 Å². The van der Waals surface area contributed by atoms with Crippen LogP contribution in [0.4, 0.5) is 0 Å². The van der Waals surface area contributed by atoms with E-state index in [2.05, 4.69) is 27.1 Å². The molecule has 0 aliphatic heterocycles. The maximum atomic E-state index is 12.7. The van der Waals surface area contributed by atoms with Crippen molar-refractivity contribution in [2.24, 2.45) is 13.0 Å². The highest BCUT2D eigenvalue weighted by atomic mass is 32.2. The molecule has 30 heavy (non-hydrogen) atoms. The van der Waals surface area contributed by atoms with Crippen molar-refractivity contribution >= 4 is 50.0 Å². The number of thiophene rings is 1. The Bertz CT molecular complexity index is 1520. The predicted molar refractivity (Wildman–Crippen MR) is 118 cm³/mol. The molecule has 0 spiro atoms. The van der Waals surface area contributed by atoms with E-state index in [0.717, 1.165) is 33.6 Å². The molecule has 1 aromatic carbocycles. The summed E-state index contributed by atoms with van der Waals surface area (Å²) in [6.45, 7) is 2.31. The lowest BCUT2D eigenvalue weighted by atomic mass is 9.89. The molecule has 9 heteroatoms. The van der Waals surface area contributed by atoms with Gasteiger partial charge >= 0.3 is 0 Å². The third-order valence-electron chi connectivity index (χ3n) is 5.84. The molecule has 1 atom stereocenters. The lowest BCUT2D eigenvalue weighted by Gasteiger charge is -2.18. The smallest absolute Gasteiger partial charge is 0.262 e. The maximum Gasteiger partial charge on any atom is 0.262 e. The Morgan fingerprint density at radius 1 is 1.20 bits per heavy atom. The fourth-order valence-corrected chi connectivity index (χ4v) is 6.65. The van der Waals surface area contributed by atoms with E-state index in [4.69, 9.17) is 0 Å². The van der Waals surface area contributed by atoms with Gasteiger partial charge in [-0.15, -0.1) is 21.5 Å². The number of benzene rings is 1. The summed E-state index contributed by atoms with van der Waals surface area (Å²) in [5.41, 5.74) is 2.12. The van der Waals surface area contributed by atoms with Crippen LogP contribution in [0.15, 0.2) is 45.6 Å². The highest BCUT2D eigenvalue weighted by Gasteiger charge is 2.24. The van der Waals surface area contributed by atoms with Gasteiger partial charge in [0.05, 0.1) is 10.9 Å². The van der Waals surface area contributed by atoms with Gasteiger partial charge in [0.1, 0.15) is 16.2 Å². The highest BCUT2D eigenvalue weighted by molar-refractivity contribution is 7.99. The van der Waals surface area contributed by atoms with Crippen molar-refractivity contribution in [1.29, 1.82) is 0 Å². The second kappa shape index (κ2) is 6.61. The van der Waals surface area contributed by atoms with Crippen molar-refractivity contribution in [2.75, 3.05) is 0 Å². The minimum atomic E-state index is -0.0764. The number of aromatic nitrogens is 6. The van der Waals surface area contributed by atoms with Crippen LogP contribution in [-0.4, -0.2) is 29.1 Å². The molecule has 5 aromatic rings. The third kappa shape index (κ3) is 2.55. The molecule has 150 valence electrons. The molecule has 7 nitrogen and oxygen atoms in total. The van der Waals surface area contributed by atoms with Gasteiger partial charge in [-0.25, -0.2) is 9.97 Å². The van der Waals surface area contributed by atoms with Crippen LogP contribution < -0.4 is 5.56 Å². The largest absolute Gasteiger partial charge is 0.279 e. The average Bonchev–Trinajstić information content (AvgIpc) is 3.33. The van der Waals surface area contributed by atoms with E-state index in [9.17, 15) is 4.79 Å². The van der Waals surface area contributed by atoms with Crippen molar-refractivity contribution in [3.05, 3.63) is 51.4 Å². The minimum absolute atomic E-state index is 0.0764. The Balaban J connectivity index is 1.57. The van der Waals surface area contributed by atoms with Gasteiger partial charge in [-0.2, -0.15) is 0 Å². The summed E-state index contributed by atoms with van der Waals surface area (Å²) in [7, 11) is 1.73. The van der Waals surface area contributed by atoms with Crippen LogP contribution in [0.5, 0.6) is 0 Å². The molecular formula is C21H18N6OS2. The van der Waals surface area contributed by atoms with Crippen LogP contribution in [0, 0.1) is 5.92 Å². The zero-order valence-corrected chi connectivity index (χ0v) is 18.1. The first-order valence-corrected chi connectivity index (χ1v) is 11.5. The summed E-state index contributed by atoms with van der Waals surface area (Å²) in [6.07, 6.45) is 5.00. The van der Waals surface area contributed by atoms with E-state index >= 15 is 0 Å². The zero-order valence-electron chi connectivity index (χ0n) is 16.5. The Kier molecular flexibility index (Phi) is 3.97. The van der Waals surface area contributed by atoms with Gasteiger partial charge < -0.3 is 0 Å². The molecular weight excluding hydrogens is 416 g/mol. The molecule has 4 heterocycles. The summed E-state index contributed by atoms with van der Waals surface area (Å²) in [6, 6.07) is 7.57. The number of hydrogen-bond acceptors (Lipinski definition) is 7. The fourth-order valence-electron chi connectivity index (χ4n) is 4.29. The van der Waals surface area contributed by atoms with Gasteiger partial charge in [0.2, 0.25) is 10.9 Å². The van der Waals surface area contributed by atoms with Crippen LogP contribution >= 0.6 is 23.1 Å². The number of fused-ring (bicyclic) bond motifs is 6. The Labute approximate surface area is 179 Å². The van der Waals surface area contributed by atoms with Crippen LogP contribution in [0.3, 0.4) is 0 Å². The Morgan fingerprint density at radius 2 is 2.07 bits per heavy atom. The number of hydrogen-bond donors (Lipinski definition) is 0. The zero-order chi connectivity index (χ0) is 20.4. The summed E-state index contributed by atoms with van der Waals surface area (Å²) < 4.78 is 3.49. The molecule has 4 aromatic heterocycles. The predicted octanol–water partition coefficient (Wildman–Crippen LogP) is 3.86. The van der Waals surface area contributed by atoms with Gasteiger partial charge in [0.25, 0.3) is 5.56 Å². The van der Waals surface area contributed by atoms with Crippen molar-refractivity contribution < 1.29 is 0 Å². The van der Waals surface area contributed by atoms with E-state index in [0.29, 0.717) is 22.2 Å². The van der Waals surface area contributed by atoms with Gasteiger partial charge in [-0.1, -0.05) is 19.1 Å². The molecule has 0 saturated heterocycles. The van der Waals surface area contributed by atoms with E-state index in [1.165, 1.54) is 28.6 Å². The molecule has 1 aliphatic rings. The summed E-state index contributed by atoms with van der Waals surface area (Å²) in [4.78, 5) is 24.3. The van der Waals surface area contributed by atoms with E-state index in [-0.39, 0.29) is 5.56 Å². The van der Waals surface area contributed by atoms with Crippen molar-refractivity contribution in [3.63, 3.8) is 0 Å². The van der Waals surface area contributed by atoms with Crippen LogP contribution in [0.1, 0.15) is 23.8 Å². The van der Waals surface area contributed by atoms with Crippen molar-refractivity contribution in [2.45, 2.75) is 36.4 Å². The Morgan fingerprint density at radius 3 is 2.97 bits per heavy atom. The molecule has 0 saturated carbocycles. The monoisotopic (exact) mass is 434 g/mol. The van der Waals surface area contributed by atoms with Crippen LogP contribution in [-0.2, 0) is 19.9 Å². The minimum Gasteiger partial charge on any atom is -0.279 e. The molecule has 0 bridgehead atoms. The number of aryl methyl sites for hydroxylation is 2. The second-order valence-corrected chi connectivity index (χ2v) is 9.85. The second-order valence-electron chi connectivity index (χ2n) is 7.81. The van der Waals surface area contributed by atoms with Crippen molar-refractivity contribution in [3.8, 4) is 0 Å². The summed E-state index contributed by atoms with van der Waals surface area (Å²) >= 11 is 3.28. The molecule has 1 unspecified atom stereocenters. The lowest BCUT2D eigenvalue weighted by Crippen LogP contribution is -2.20. The molecule has 1 aliphatic carbocycles. The van der Waals surface area contributed by atoms with Gasteiger partial charge in [-0.3, -0.25) is 13.8 Å². The number of para-hydroxylation sites is 1. The molecule has 0 amide bonds. The third-order valence-corrected chi connectivity index (χ3v) is 7.95. The number of rotatable bonds is 2. The Hall–Kier alpha value is -2.78. The summed E-state index contributed by atoms with van der Waals surface area (Å²) in [5.74, 6) is 1.23. The number of nitrogens with zero attached hydrogens (tertiary/aromatic N) is 6. The molecule has 0 fully saturated rings. The summed E-state index contributed by atoms with van der Waals surface area (Å²) in [5, 5.41) is 12.1. The topological polar surface area (TPSA) is 78.0 Å². The van der Waals surface area contributed by atoms with Gasteiger partial charge in [0.15, 0.2) is 0 Å². The highest BCUT2D eigenvalue weighted by Crippen LogP contribution is 2.41. The van der Waals surface area contributed by atoms with E-state index < -0.39 is 0 Å². The average molecular weight is 435 g/mol. The van der Waals surface area contributed by atoms with E-state index in [1.807, 2.05) is 28.7 Å². The molecule has 0 N–H and O–H groups in total. The maximum absolute atomic E-state index is 12.7. The van der Waals surface area contributed by atoms with E-state index in [1.54, 1.807) is 29.3 Å². The lowest BCUT2D eigenvalue weighted by molar-refractivity contribution is 0.509. The van der Waals surface area contributed by atoms with Crippen LogP contribution in [0.25, 0.3) is 26.9 Å². The van der Waals surface area contributed by atoms with Crippen molar-refractivity contribution in [1.82, 2.24) is 29.1 Å².